The molecule has 3 rings (SSSR count). The molecule has 11 heteroatoms. The SMILES string of the molecule is CC.COc1cccc(-c2nnc(N(C)S(=O)(=O)[C@H](C)[C@H](O)C(C)(C)C)n2-c2c(C)cccc2OC)n1.[HH]. The molecule has 0 radical (unpaired) electrons. The Hall–Kier alpha value is -3.18. The van der Waals surface area contributed by atoms with Crippen LogP contribution in [0.15, 0.2) is 36.4 Å². The van der Waals surface area contributed by atoms with Crippen molar-refractivity contribution in [1.29, 1.82) is 0 Å². The Balaban J connectivity index is 0.00000235. The van der Waals surface area contributed by atoms with Gasteiger partial charge in [0.2, 0.25) is 21.9 Å². The van der Waals surface area contributed by atoms with Crippen molar-refractivity contribution in [3.8, 4) is 28.8 Å². The Kier molecular flexibility index (Phi) is 9.67. The number of benzene rings is 1. The van der Waals surface area contributed by atoms with Crippen molar-refractivity contribution in [3.63, 3.8) is 0 Å². The van der Waals surface area contributed by atoms with Crippen LogP contribution in [0, 0.1) is 12.3 Å². The highest BCUT2D eigenvalue weighted by molar-refractivity contribution is 7.93. The standard InChI is InChI=1S/C24H33N5O5S.C2H6.H2/c1-15-11-9-13-18(33-7)20(15)29-22(17-12-10-14-19(25-17)34-8)26-27-23(29)28(6)35(31,32)16(2)21(30)24(3,4)5;1-2;/h9-14,16,21,30H,1-8H3;1-2H3;1H/t16-,21+;;/m1../s1. The Morgan fingerprint density at radius 2 is 1.68 bits per heavy atom. The van der Waals surface area contributed by atoms with E-state index < -0.39 is 26.8 Å². The van der Waals surface area contributed by atoms with Crippen LogP contribution in [0.2, 0.25) is 0 Å². The number of para-hydroxylation sites is 1. The fourth-order valence-electron chi connectivity index (χ4n) is 3.82. The molecular weight excluding hydrogens is 494 g/mol. The van der Waals surface area contributed by atoms with Gasteiger partial charge in [-0.2, -0.15) is 0 Å². The van der Waals surface area contributed by atoms with Gasteiger partial charge >= 0.3 is 0 Å². The van der Waals surface area contributed by atoms with Crippen LogP contribution in [0.5, 0.6) is 11.6 Å². The summed E-state index contributed by atoms with van der Waals surface area (Å²) in [6, 6.07) is 10.7. The largest absolute Gasteiger partial charge is 0.495 e. The van der Waals surface area contributed by atoms with Gasteiger partial charge in [0.1, 0.15) is 16.7 Å². The maximum absolute atomic E-state index is 13.6. The van der Waals surface area contributed by atoms with Crippen LogP contribution < -0.4 is 13.8 Å². The number of hydrogen-bond donors (Lipinski definition) is 1. The molecule has 0 aliphatic carbocycles. The minimum atomic E-state index is -4.04. The number of nitrogens with zero attached hydrogens (tertiary/aromatic N) is 5. The maximum atomic E-state index is 13.6. The summed E-state index contributed by atoms with van der Waals surface area (Å²) in [4.78, 5) is 4.47. The van der Waals surface area contributed by atoms with Crippen molar-refractivity contribution in [2.45, 2.75) is 59.8 Å². The number of hydrogen-bond acceptors (Lipinski definition) is 8. The number of pyridine rings is 1. The van der Waals surface area contributed by atoms with Gasteiger partial charge in [-0.1, -0.05) is 52.8 Å². The molecule has 0 saturated carbocycles. The molecule has 37 heavy (non-hydrogen) atoms. The zero-order valence-electron chi connectivity index (χ0n) is 23.3. The summed E-state index contributed by atoms with van der Waals surface area (Å²) in [6.45, 7) is 12.7. The number of aliphatic hydroxyl groups is 1. The second-order valence-corrected chi connectivity index (χ2v) is 11.7. The van der Waals surface area contributed by atoms with Gasteiger partial charge in [0.15, 0.2) is 5.82 Å². The molecule has 0 fully saturated rings. The molecule has 1 aromatic carbocycles. The van der Waals surface area contributed by atoms with Gasteiger partial charge in [-0.15, -0.1) is 10.2 Å². The normalized spacial score (nSPS) is 13.3. The van der Waals surface area contributed by atoms with Crippen molar-refractivity contribution in [2.24, 2.45) is 5.41 Å². The summed E-state index contributed by atoms with van der Waals surface area (Å²) in [5.41, 5.74) is 1.17. The lowest BCUT2D eigenvalue weighted by atomic mass is 9.87. The van der Waals surface area contributed by atoms with Crippen LogP contribution in [0.3, 0.4) is 0 Å². The van der Waals surface area contributed by atoms with Crippen LogP contribution in [0.1, 0.15) is 48.5 Å². The number of ether oxygens (including phenoxy) is 2. The Labute approximate surface area is 221 Å². The lowest BCUT2D eigenvalue weighted by Gasteiger charge is -2.33. The quantitative estimate of drug-likeness (QED) is 0.448. The smallest absolute Gasteiger partial charge is 0.245 e. The summed E-state index contributed by atoms with van der Waals surface area (Å²) >= 11 is 0. The first kappa shape index (κ1) is 30.0. The predicted octanol–water partition coefficient (Wildman–Crippen LogP) is 4.49. The first-order valence-corrected chi connectivity index (χ1v) is 13.6. The summed E-state index contributed by atoms with van der Waals surface area (Å²) in [5.74, 6) is 1.21. The van der Waals surface area contributed by atoms with Gasteiger partial charge in [0.05, 0.1) is 26.0 Å². The summed E-state index contributed by atoms with van der Waals surface area (Å²) in [7, 11) is 0.398. The van der Waals surface area contributed by atoms with E-state index in [1.165, 1.54) is 28.2 Å². The molecule has 0 bridgehead atoms. The van der Waals surface area contributed by atoms with Gasteiger partial charge in [0, 0.05) is 14.5 Å². The van der Waals surface area contributed by atoms with Crippen molar-refractivity contribution >= 4 is 16.0 Å². The monoisotopic (exact) mass is 535 g/mol. The van der Waals surface area contributed by atoms with Gasteiger partial charge in [-0.3, -0.25) is 4.57 Å². The molecule has 2 atom stereocenters. The van der Waals surface area contributed by atoms with Crippen LogP contribution in [-0.2, 0) is 10.0 Å². The van der Waals surface area contributed by atoms with E-state index in [1.54, 1.807) is 49.6 Å². The second-order valence-electron chi connectivity index (χ2n) is 9.38. The number of aliphatic hydroxyl groups excluding tert-OH is 1. The minimum Gasteiger partial charge on any atom is -0.495 e. The van der Waals surface area contributed by atoms with Gasteiger partial charge in [-0.25, -0.2) is 17.7 Å². The lowest BCUT2D eigenvalue weighted by molar-refractivity contribution is 0.0626. The van der Waals surface area contributed by atoms with Crippen molar-refractivity contribution in [3.05, 3.63) is 42.0 Å². The van der Waals surface area contributed by atoms with Crippen LogP contribution in [0.4, 0.5) is 5.95 Å². The molecule has 0 aliphatic heterocycles. The van der Waals surface area contributed by atoms with E-state index in [1.807, 2.05) is 32.9 Å². The summed E-state index contributed by atoms with van der Waals surface area (Å²) in [5, 5.41) is 18.2. The van der Waals surface area contributed by atoms with E-state index in [0.717, 1.165) is 9.87 Å². The molecule has 0 saturated heterocycles. The number of rotatable bonds is 8. The van der Waals surface area contributed by atoms with Crippen molar-refractivity contribution in [2.75, 3.05) is 25.6 Å². The Morgan fingerprint density at radius 3 is 2.24 bits per heavy atom. The molecule has 2 heterocycles. The first-order chi connectivity index (χ1) is 17.3. The number of methoxy groups -OCH3 is 2. The average molecular weight is 536 g/mol. The average Bonchev–Trinajstić information content (AvgIpc) is 3.32. The molecular formula is C26H41N5O5S. The molecule has 1 N–H and O–H groups in total. The first-order valence-electron chi connectivity index (χ1n) is 12.1. The number of aromatic nitrogens is 4. The highest BCUT2D eigenvalue weighted by atomic mass is 32.2. The zero-order chi connectivity index (χ0) is 28.1. The molecule has 0 aliphatic rings. The van der Waals surface area contributed by atoms with Crippen molar-refractivity contribution in [1.82, 2.24) is 19.7 Å². The van der Waals surface area contributed by atoms with Crippen LogP contribution >= 0.6 is 0 Å². The molecule has 2 aromatic heterocycles. The number of anilines is 1. The lowest BCUT2D eigenvalue weighted by Crippen LogP contribution is -2.46. The third kappa shape index (κ3) is 6.04. The third-order valence-electron chi connectivity index (χ3n) is 5.92. The highest BCUT2D eigenvalue weighted by Gasteiger charge is 2.40. The van der Waals surface area contributed by atoms with Crippen LogP contribution in [-0.4, -0.2) is 65.9 Å². The molecule has 0 spiro atoms. The topological polar surface area (TPSA) is 120 Å². The summed E-state index contributed by atoms with van der Waals surface area (Å²) in [6.07, 6.45) is -1.11. The predicted molar refractivity (Wildman–Crippen MR) is 148 cm³/mol. The van der Waals surface area contributed by atoms with E-state index in [2.05, 4.69) is 15.2 Å². The number of sulfonamides is 1. The molecule has 0 amide bonds. The van der Waals surface area contributed by atoms with E-state index in [0.29, 0.717) is 28.8 Å². The maximum Gasteiger partial charge on any atom is 0.245 e. The van der Waals surface area contributed by atoms with E-state index in [-0.39, 0.29) is 7.37 Å². The van der Waals surface area contributed by atoms with Gasteiger partial charge in [-0.05, 0) is 37.0 Å². The van der Waals surface area contributed by atoms with Gasteiger partial charge < -0.3 is 14.6 Å². The Morgan fingerprint density at radius 1 is 1.05 bits per heavy atom. The zero-order valence-corrected chi connectivity index (χ0v) is 24.2. The fraction of sp³-hybridized carbons (Fsp3) is 0.500. The summed E-state index contributed by atoms with van der Waals surface area (Å²) < 4.78 is 40.7. The Bertz CT molecular complexity index is 1310. The van der Waals surface area contributed by atoms with E-state index >= 15 is 0 Å². The van der Waals surface area contributed by atoms with E-state index in [9.17, 15) is 13.5 Å². The van der Waals surface area contributed by atoms with Crippen LogP contribution in [0.25, 0.3) is 17.2 Å². The third-order valence-corrected chi connectivity index (χ3v) is 8.04. The minimum absolute atomic E-state index is 0. The molecule has 206 valence electrons. The highest BCUT2D eigenvalue weighted by Crippen LogP contribution is 2.36. The van der Waals surface area contributed by atoms with Crippen molar-refractivity contribution < 1.29 is 24.4 Å². The van der Waals surface area contributed by atoms with Gasteiger partial charge in [0.25, 0.3) is 0 Å². The second kappa shape index (κ2) is 11.9. The number of aryl methyl sites for hydroxylation is 1. The van der Waals surface area contributed by atoms with E-state index in [4.69, 9.17) is 9.47 Å². The molecule has 3 aromatic rings. The molecule has 10 nitrogen and oxygen atoms in total. The molecule has 0 unspecified atom stereocenters. The fourth-order valence-corrected chi connectivity index (χ4v) is 5.40.